The number of aliphatic hydroxyl groups is 1. The molecule has 41 heavy (non-hydrogen) atoms. The van der Waals surface area contributed by atoms with Gasteiger partial charge in [0.15, 0.2) is 0 Å². The molecule has 4 aliphatic rings. The smallest absolute Gasteiger partial charge is 0.247 e. The number of morpholine rings is 1. The Bertz CT molecular complexity index is 1130. The van der Waals surface area contributed by atoms with Gasteiger partial charge in [-0.25, -0.2) is 0 Å². The number of anilines is 1. The van der Waals surface area contributed by atoms with Gasteiger partial charge in [0.1, 0.15) is 6.04 Å². The highest BCUT2D eigenvalue weighted by atomic mass is 32.2. The first kappa shape index (κ1) is 29.8. The topological polar surface area (TPSA) is 93.6 Å². The van der Waals surface area contributed by atoms with Crippen molar-refractivity contribution in [3.05, 3.63) is 55.6 Å². The minimum atomic E-state index is -0.673. The summed E-state index contributed by atoms with van der Waals surface area (Å²) in [4.78, 5) is 50.4. The molecule has 4 saturated heterocycles. The Morgan fingerprint density at radius 1 is 1.10 bits per heavy atom. The second-order valence-electron chi connectivity index (χ2n) is 11.3. The van der Waals surface area contributed by atoms with Crippen LogP contribution in [0.3, 0.4) is 0 Å². The maximum atomic E-state index is 14.4. The second-order valence-corrected chi connectivity index (χ2v) is 12.9. The number of carbonyl (C=O) groups excluding carboxylic acids is 3. The van der Waals surface area contributed by atoms with Gasteiger partial charge in [0.05, 0.1) is 29.8 Å². The first-order valence-electron chi connectivity index (χ1n) is 14.7. The van der Waals surface area contributed by atoms with Gasteiger partial charge >= 0.3 is 0 Å². The zero-order valence-corrected chi connectivity index (χ0v) is 24.6. The Morgan fingerprint density at radius 3 is 2.51 bits per heavy atom. The van der Waals surface area contributed by atoms with Crippen LogP contribution in [0, 0.1) is 11.8 Å². The highest BCUT2D eigenvalue weighted by molar-refractivity contribution is 8.02. The highest BCUT2D eigenvalue weighted by Crippen LogP contribution is 2.66. The fraction of sp³-hybridized carbons (Fsp3) is 0.581. The number of amides is 3. The van der Waals surface area contributed by atoms with Crippen molar-refractivity contribution in [2.24, 2.45) is 11.8 Å². The molecule has 10 heteroatoms. The highest BCUT2D eigenvalue weighted by Gasteiger charge is 2.74. The molecule has 1 aromatic rings. The average Bonchev–Trinajstić information content (AvgIpc) is 3.64. The van der Waals surface area contributed by atoms with Crippen molar-refractivity contribution in [3.8, 4) is 0 Å². The first-order valence-corrected chi connectivity index (χ1v) is 15.6. The molecular weight excluding hydrogens is 540 g/mol. The van der Waals surface area contributed by atoms with Crippen LogP contribution in [-0.4, -0.2) is 119 Å². The molecule has 1 aromatic carbocycles. The van der Waals surface area contributed by atoms with E-state index in [1.807, 2.05) is 35.2 Å². The van der Waals surface area contributed by atoms with Crippen molar-refractivity contribution >= 4 is 35.2 Å². The SMILES string of the molecule is C=CCN(CCN1CCOCC1)C(=O)C1N(CCCO)C(=O)[C@@H]2[C@H](C(=O)N(CC=C)c3ccccc3)[C@@H]3CCC12S3. The molecule has 4 heterocycles. The molecule has 5 rings (SSSR count). The summed E-state index contributed by atoms with van der Waals surface area (Å²) in [7, 11) is 0. The maximum absolute atomic E-state index is 14.4. The minimum absolute atomic E-state index is 0.0241. The summed E-state index contributed by atoms with van der Waals surface area (Å²) in [5.74, 6) is -1.40. The van der Waals surface area contributed by atoms with Crippen LogP contribution in [0.15, 0.2) is 55.6 Å². The quantitative estimate of drug-likeness (QED) is 0.356. The number of para-hydroxylation sites is 1. The summed E-state index contributed by atoms with van der Waals surface area (Å²) in [6.07, 6.45) is 5.33. The zero-order chi connectivity index (χ0) is 29.0. The van der Waals surface area contributed by atoms with Crippen LogP contribution in [0.25, 0.3) is 0 Å². The van der Waals surface area contributed by atoms with Crippen LogP contribution >= 0.6 is 11.8 Å². The van der Waals surface area contributed by atoms with Gasteiger partial charge in [-0.1, -0.05) is 30.4 Å². The summed E-state index contributed by atoms with van der Waals surface area (Å²) in [6.45, 7) is 13.0. The molecule has 2 bridgehead atoms. The second kappa shape index (κ2) is 13.1. The van der Waals surface area contributed by atoms with Crippen LogP contribution in [0.4, 0.5) is 5.69 Å². The van der Waals surface area contributed by atoms with Gasteiger partial charge in [-0.15, -0.1) is 24.9 Å². The number of ether oxygens (including phenoxy) is 1. The first-order chi connectivity index (χ1) is 20.0. The lowest BCUT2D eigenvalue weighted by atomic mass is 9.70. The third-order valence-corrected chi connectivity index (χ3v) is 10.9. The Labute approximate surface area is 247 Å². The fourth-order valence-corrected chi connectivity index (χ4v) is 9.35. The van der Waals surface area contributed by atoms with Crippen LogP contribution < -0.4 is 4.90 Å². The van der Waals surface area contributed by atoms with Crippen LogP contribution in [0.1, 0.15) is 19.3 Å². The summed E-state index contributed by atoms with van der Waals surface area (Å²) in [5.41, 5.74) is 0.773. The van der Waals surface area contributed by atoms with Crippen molar-refractivity contribution in [1.82, 2.24) is 14.7 Å². The standard InChI is InChI=1S/C31H42N4O5S/c1-3-13-33(17-16-32-18-21-40-22-19-32)30(39)27-31-12-11-24(41-31)25(26(31)29(38)35(27)15-8-20-36)28(37)34(14-4-2)23-9-6-5-7-10-23/h3-7,9-10,24-27,36H,1-2,8,11-22H2/t24-,25+,26-,27?,31?/m0/s1. The zero-order valence-electron chi connectivity index (χ0n) is 23.7. The number of nitrogens with zero attached hydrogens (tertiary/aromatic N) is 4. The molecule has 1 N–H and O–H groups in total. The van der Waals surface area contributed by atoms with E-state index in [9.17, 15) is 19.5 Å². The van der Waals surface area contributed by atoms with E-state index >= 15 is 0 Å². The largest absolute Gasteiger partial charge is 0.396 e. The number of aliphatic hydroxyl groups excluding tert-OH is 1. The van der Waals surface area contributed by atoms with E-state index in [0.29, 0.717) is 45.7 Å². The van der Waals surface area contributed by atoms with Gasteiger partial charge in [-0.2, -0.15) is 0 Å². The van der Waals surface area contributed by atoms with E-state index in [0.717, 1.165) is 31.7 Å². The fourth-order valence-electron chi connectivity index (χ4n) is 7.14. The Kier molecular flexibility index (Phi) is 9.53. The van der Waals surface area contributed by atoms with Crippen LogP contribution in [0.5, 0.6) is 0 Å². The average molecular weight is 583 g/mol. The van der Waals surface area contributed by atoms with Crippen molar-refractivity contribution in [2.75, 3.05) is 70.5 Å². The molecule has 0 aromatic heterocycles. The monoisotopic (exact) mass is 582 g/mol. The summed E-state index contributed by atoms with van der Waals surface area (Å²) in [5, 5.41) is 9.63. The third-order valence-electron chi connectivity index (χ3n) is 8.97. The van der Waals surface area contributed by atoms with Crippen LogP contribution in [-0.2, 0) is 19.1 Å². The molecule has 0 aliphatic carbocycles. The number of hydrogen-bond acceptors (Lipinski definition) is 7. The Morgan fingerprint density at radius 2 is 1.83 bits per heavy atom. The van der Waals surface area contributed by atoms with Gasteiger partial charge in [-0.3, -0.25) is 19.3 Å². The molecule has 1 spiro atoms. The molecule has 0 saturated carbocycles. The number of rotatable bonds is 13. The Balaban J connectivity index is 1.45. The predicted octanol–water partition coefficient (Wildman–Crippen LogP) is 2.03. The van der Waals surface area contributed by atoms with E-state index in [1.165, 1.54) is 0 Å². The molecular formula is C31H42N4O5S. The lowest BCUT2D eigenvalue weighted by Gasteiger charge is -2.38. The number of benzene rings is 1. The Hall–Kier alpha value is -2.66. The number of likely N-dealkylation sites (tertiary alicyclic amines) is 1. The van der Waals surface area contributed by atoms with Gasteiger partial charge in [0.2, 0.25) is 17.7 Å². The molecule has 3 amide bonds. The molecule has 222 valence electrons. The number of thioether (sulfide) groups is 1. The number of carbonyl (C=O) groups is 3. The summed E-state index contributed by atoms with van der Waals surface area (Å²) in [6, 6.07) is 8.82. The molecule has 2 unspecified atom stereocenters. The molecule has 9 nitrogen and oxygen atoms in total. The number of hydrogen-bond donors (Lipinski definition) is 1. The van der Waals surface area contributed by atoms with E-state index in [4.69, 9.17) is 4.74 Å². The van der Waals surface area contributed by atoms with Gasteiger partial charge in [-0.05, 0) is 31.4 Å². The van der Waals surface area contributed by atoms with Crippen molar-refractivity contribution in [1.29, 1.82) is 0 Å². The van der Waals surface area contributed by atoms with Crippen molar-refractivity contribution in [2.45, 2.75) is 35.3 Å². The lowest BCUT2D eigenvalue weighted by molar-refractivity contribution is -0.143. The minimum Gasteiger partial charge on any atom is -0.396 e. The van der Waals surface area contributed by atoms with E-state index in [-0.39, 0.29) is 36.1 Å². The third kappa shape index (κ3) is 5.59. The normalized spacial score (nSPS) is 28.9. The lowest BCUT2D eigenvalue weighted by Crippen LogP contribution is -2.56. The van der Waals surface area contributed by atoms with E-state index < -0.39 is 22.6 Å². The van der Waals surface area contributed by atoms with Gasteiger partial charge < -0.3 is 24.5 Å². The van der Waals surface area contributed by atoms with E-state index in [2.05, 4.69) is 18.1 Å². The van der Waals surface area contributed by atoms with Crippen molar-refractivity contribution < 1.29 is 24.2 Å². The summed E-state index contributed by atoms with van der Waals surface area (Å²) < 4.78 is 4.81. The molecule has 4 aliphatic heterocycles. The predicted molar refractivity (Wildman–Crippen MR) is 161 cm³/mol. The van der Waals surface area contributed by atoms with Crippen LogP contribution in [0.2, 0.25) is 0 Å². The molecule has 4 fully saturated rings. The number of fused-ring (bicyclic) bond motifs is 1. The van der Waals surface area contributed by atoms with E-state index in [1.54, 1.807) is 33.7 Å². The van der Waals surface area contributed by atoms with Gasteiger partial charge in [0.25, 0.3) is 0 Å². The molecule has 5 atom stereocenters. The van der Waals surface area contributed by atoms with Gasteiger partial charge in [0, 0.05) is 63.4 Å². The van der Waals surface area contributed by atoms with Crippen molar-refractivity contribution in [3.63, 3.8) is 0 Å². The molecule has 0 radical (unpaired) electrons. The maximum Gasteiger partial charge on any atom is 0.247 e. The summed E-state index contributed by atoms with van der Waals surface area (Å²) >= 11 is 1.68.